The van der Waals surface area contributed by atoms with Crippen molar-refractivity contribution in [3.63, 3.8) is 0 Å². The third kappa shape index (κ3) is 2.12. The van der Waals surface area contributed by atoms with E-state index in [-0.39, 0.29) is 0 Å². The van der Waals surface area contributed by atoms with Crippen molar-refractivity contribution in [3.05, 3.63) is 48.4 Å². The summed E-state index contributed by atoms with van der Waals surface area (Å²) in [6, 6.07) is 8.63. The largest absolute Gasteiger partial charge is 0.268 e. The van der Waals surface area contributed by atoms with Crippen LogP contribution in [-0.4, -0.2) is 14.8 Å². The molecule has 0 saturated heterocycles. The van der Waals surface area contributed by atoms with Gasteiger partial charge in [0.25, 0.3) is 0 Å². The van der Waals surface area contributed by atoms with Crippen molar-refractivity contribution < 1.29 is 0 Å². The van der Waals surface area contributed by atoms with Gasteiger partial charge in [-0.3, -0.25) is 9.67 Å². The summed E-state index contributed by atoms with van der Waals surface area (Å²) < 4.78 is 1.89. The first-order valence-corrected chi connectivity index (χ1v) is 6.52. The molecule has 3 rings (SSSR count). The molecule has 0 atom stereocenters. The molecule has 3 aromatic rings. The zero-order valence-electron chi connectivity index (χ0n) is 11.5. The van der Waals surface area contributed by atoms with Gasteiger partial charge in [-0.15, -0.1) is 0 Å². The van der Waals surface area contributed by atoms with Gasteiger partial charge < -0.3 is 0 Å². The van der Waals surface area contributed by atoms with Crippen molar-refractivity contribution in [2.75, 3.05) is 0 Å². The van der Waals surface area contributed by atoms with Crippen molar-refractivity contribution >= 4 is 10.9 Å². The Hall–Kier alpha value is -2.16. The predicted molar refractivity (Wildman–Crippen MR) is 78.0 cm³/mol. The smallest absolute Gasteiger partial charge is 0.0679 e. The van der Waals surface area contributed by atoms with Crippen molar-refractivity contribution in [1.29, 1.82) is 0 Å². The van der Waals surface area contributed by atoms with Gasteiger partial charge in [0.15, 0.2) is 0 Å². The van der Waals surface area contributed by atoms with E-state index in [4.69, 9.17) is 0 Å². The van der Waals surface area contributed by atoms with Crippen molar-refractivity contribution in [1.82, 2.24) is 14.8 Å². The van der Waals surface area contributed by atoms with E-state index < -0.39 is 0 Å². The summed E-state index contributed by atoms with van der Waals surface area (Å²) >= 11 is 0. The van der Waals surface area contributed by atoms with Crippen LogP contribution in [0, 0.1) is 0 Å². The highest BCUT2D eigenvalue weighted by atomic mass is 15.2. The molecule has 2 aromatic heterocycles. The van der Waals surface area contributed by atoms with Gasteiger partial charge in [-0.05, 0) is 35.2 Å². The summed E-state index contributed by atoms with van der Waals surface area (Å²) in [5.74, 6) is 0.495. The Morgan fingerprint density at radius 2 is 1.84 bits per heavy atom. The number of hydrogen-bond donors (Lipinski definition) is 0. The Bertz CT molecular complexity index is 726. The van der Waals surface area contributed by atoms with Crippen LogP contribution >= 0.6 is 0 Å². The second-order valence-electron chi connectivity index (χ2n) is 5.20. The van der Waals surface area contributed by atoms with Gasteiger partial charge in [0.2, 0.25) is 0 Å². The normalized spacial score (nSPS) is 11.4. The molecular formula is C16H17N3. The lowest BCUT2D eigenvalue weighted by atomic mass is 10.00. The number of hydrogen-bond acceptors (Lipinski definition) is 2. The lowest BCUT2D eigenvalue weighted by Gasteiger charge is -2.07. The number of nitrogens with zero attached hydrogens (tertiary/aromatic N) is 3. The van der Waals surface area contributed by atoms with Crippen LogP contribution in [0.2, 0.25) is 0 Å². The molecule has 0 amide bonds. The zero-order chi connectivity index (χ0) is 13.4. The number of pyridine rings is 1. The van der Waals surface area contributed by atoms with E-state index >= 15 is 0 Å². The molecule has 0 radical (unpaired) electrons. The van der Waals surface area contributed by atoms with Crippen LogP contribution in [0.5, 0.6) is 0 Å². The second-order valence-corrected chi connectivity index (χ2v) is 5.20. The fourth-order valence-corrected chi connectivity index (χ4v) is 2.27. The first kappa shape index (κ1) is 11.9. The maximum Gasteiger partial charge on any atom is 0.0679 e. The molecule has 2 heterocycles. The van der Waals surface area contributed by atoms with E-state index in [1.54, 1.807) is 0 Å². The topological polar surface area (TPSA) is 30.7 Å². The maximum atomic E-state index is 4.35. The first-order chi connectivity index (χ1) is 9.15. The van der Waals surface area contributed by atoms with Gasteiger partial charge in [-0.2, -0.15) is 5.10 Å². The number of aryl methyl sites for hydroxylation is 1. The maximum absolute atomic E-state index is 4.35. The number of fused-ring (bicyclic) bond motifs is 1. The lowest BCUT2D eigenvalue weighted by Crippen LogP contribution is -1.91. The van der Waals surface area contributed by atoms with Crippen LogP contribution in [-0.2, 0) is 7.05 Å². The molecule has 3 nitrogen and oxygen atoms in total. The third-order valence-corrected chi connectivity index (χ3v) is 3.51. The highest BCUT2D eigenvalue weighted by molar-refractivity contribution is 5.84. The fraction of sp³-hybridized carbons (Fsp3) is 0.250. The standard InChI is InChI=1S/C16H17N3/c1-11(2)13-7-14(9-17-8-13)12-4-5-16-15(6-12)10-18-19(16)3/h4-11H,1-3H3. The Morgan fingerprint density at radius 3 is 2.63 bits per heavy atom. The molecule has 0 unspecified atom stereocenters. The second kappa shape index (κ2) is 4.50. The molecule has 0 bridgehead atoms. The molecule has 0 aliphatic rings. The Labute approximate surface area is 112 Å². The van der Waals surface area contributed by atoms with Crippen LogP contribution in [0.4, 0.5) is 0 Å². The Morgan fingerprint density at radius 1 is 1.00 bits per heavy atom. The highest BCUT2D eigenvalue weighted by Crippen LogP contribution is 2.26. The van der Waals surface area contributed by atoms with Crippen LogP contribution < -0.4 is 0 Å². The molecular weight excluding hydrogens is 234 g/mol. The van der Waals surface area contributed by atoms with Crippen LogP contribution in [0.15, 0.2) is 42.9 Å². The van der Waals surface area contributed by atoms with Crippen LogP contribution in [0.25, 0.3) is 22.0 Å². The van der Waals surface area contributed by atoms with Gasteiger partial charge in [-0.1, -0.05) is 19.9 Å². The van der Waals surface area contributed by atoms with Gasteiger partial charge >= 0.3 is 0 Å². The van der Waals surface area contributed by atoms with Crippen molar-refractivity contribution in [3.8, 4) is 11.1 Å². The van der Waals surface area contributed by atoms with Crippen molar-refractivity contribution in [2.24, 2.45) is 7.05 Å². The van der Waals surface area contributed by atoms with Gasteiger partial charge in [0.05, 0.1) is 11.7 Å². The SMILES string of the molecule is CC(C)c1cncc(-c2ccc3c(cnn3C)c2)c1. The van der Waals surface area contributed by atoms with E-state index in [0.717, 1.165) is 16.5 Å². The quantitative estimate of drug-likeness (QED) is 0.694. The summed E-state index contributed by atoms with van der Waals surface area (Å²) in [4.78, 5) is 4.35. The highest BCUT2D eigenvalue weighted by Gasteiger charge is 2.05. The summed E-state index contributed by atoms with van der Waals surface area (Å²) in [6.07, 6.45) is 5.76. The molecule has 3 heteroatoms. The van der Waals surface area contributed by atoms with Gasteiger partial charge in [0, 0.05) is 30.4 Å². The third-order valence-electron chi connectivity index (χ3n) is 3.51. The molecule has 1 aromatic carbocycles. The van der Waals surface area contributed by atoms with E-state index in [0.29, 0.717) is 5.92 Å². The molecule has 0 spiro atoms. The Kier molecular flexibility index (Phi) is 2.82. The molecule has 0 aliphatic carbocycles. The molecule has 19 heavy (non-hydrogen) atoms. The van der Waals surface area contributed by atoms with Gasteiger partial charge in [0.1, 0.15) is 0 Å². The average Bonchev–Trinajstić information content (AvgIpc) is 2.80. The van der Waals surface area contributed by atoms with E-state index in [9.17, 15) is 0 Å². The Balaban J connectivity index is 2.10. The summed E-state index contributed by atoms with van der Waals surface area (Å²) in [7, 11) is 1.96. The minimum Gasteiger partial charge on any atom is -0.268 e. The number of rotatable bonds is 2. The average molecular weight is 251 g/mol. The van der Waals surface area contributed by atoms with Crippen molar-refractivity contribution in [2.45, 2.75) is 19.8 Å². The predicted octanol–water partition coefficient (Wildman–Crippen LogP) is 3.76. The van der Waals surface area contributed by atoms with E-state index in [1.165, 1.54) is 11.1 Å². The fourth-order valence-electron chi connectivity index (χ4n) is 2.27. The minimum absolute atomic E-state index is 0.495. The van der Waals surface area contributed by atoms with E-state index in [1.807, 2.05) is 30.3 Å². The first-order valence-electron chi connectivity index (χ1n) is 6.52. The monoisotopic (exact) mass is 251 g/mol. The molecule has 0 saturated carbocycles. The molecule has 96 valence electrons. The number of aromatic nitrogens is 3. The summed E-state index contributed by atoms with van der Waals surface area (Å²) in [5, 5.41) is 5.44. The molecule has 0 N–H and O–H groups in total. The minimum atomic E-state index is 0.495. The lowest BCUT2D eigenvalue weighted by molar-refractivity contribution is 0.797. The summed E-state index contributed by atoms with van der Waals surface area (Å²) in [6.45, 7) is 4.37. The van der Waals surface area contributed by atoms with Crippen LogP contribution in [0.3, 0.4) is 0 Å². The van der Waals surface area contributed by atoms with Crippen LogP contribution in [0.1, 0.15) is 25.3 Å². The zero-order valence-corrected chi connectivity index (χ0v) is 11.5. The molecule has 0 fully saturated rings. The summed E-state index contributed by atoms with van der Waals surface area (Å²) in [5.41, 5.74) is 4.77. The van der Waals surface area contributed by atoms with E-state index in [2.05, 4.69) is 48.2 Å². The molecule has 0 aliphatic heterocycles. The van der Waals surface area contributed by atoms with Gasteiger partial charge in [-0.25, -0.2) is 0 Å². The number of benzene rings is 1.